The van der Waals surface area contributed by atoms with Crippen LogP contribution in [0.25, 0.3) is 11.3 Å². The van der Waals surface area contributed by atoms with Crippen molar-refractivity contribution < 1.29 is 37.6 Å². The molecule has 0 amide bonds. The first-order valence-electron chi connectivity index (χ1n) is 13.1. The van der Waals surface area contributed by atoms with Crippen molar-refractivity contribution in [1.82, 2.24) is 15.0 Å². The largest absolute Gasteiger partial charge is 0.480 e. The van der Waals surface area contributed by atoms with E-state index in [4.69, 9.17) is 53.8 Å². The normalized spacial score (nSPS) is 26.7. The van der Waals surface area contributed by atoms with Crippen molar-refractivity contribution in [3.63, 3.8) is 0 Å². The smallest absolute Gasteiger partial charge is 0.329 e. The lowest BCUT2D eigenvalue weighted by Crippen LogP contribution is -2.70. The number of rotatable bonds is 7. The van der Waals surface area contributed by atoms with Crippen LogP contribution in [-0.2, 0) is 29.3 Å². The molecule has 2 fully saturated rings. The van der Waals surface area contributed by atoms with Gasteiger partial charge in [-0.1, -0.05) is 76.4 Å². The summed E-state index contributed by atoms with van der Waals surface area (Å²) in [5.41, 5.74) is -1.39. The van der Waals surface area contributed by atoms with Crippen molar-refractivity contribution >= 4 is 53.4 Å². The topological polar surface area (TPSA) is 105 Å². The zero-order chi connectivity index (χ0) is 31.2. The highest BCUT2D eigenvalue weighted by atomic mass is 35.5. The van der Waals surface area contributed by atoms with Gasteiger partial charge in [0, 0.05) is 11.1 Å². The Bertz CT molecular complexity index is 1680. The average Bonchev–Trinajstić information content (AvgIpc) is 3.50. The van der Waals surface area contributed by atoms with Crippen LogP contribution in [0.5, 0.6) is 0 Å². The number of fused-ring (bicyclic) bond motifs is 1. The summed E-state index contributed by atoms with van der Waals surface area (Å²) in [5.74, 6) is -3.23. The van der Waals surface area contributed by atoms with E-state index >= 15 is 0 Å². The van der Waals surface area contributed by atoms with E-state index in [-0.39, 0.29) is 27.9 Å². The highest BCUT2D eigenvalue weighted by molar-refractivity contribution is 7.80. The Morgan fingerprint density at radius 2 is 1.80 bits per heavy atom. The maximum atomic E-state index is 14.4. The number of carboxylic acids is 1. The molecule has 6 rings (SSSR count). The molecular formula is C29H22Cl3F2N3O6S. The van der Waals surface area contributed by atoms with Crippen molar-refractivity contribution in [2.24, 2.45) is 0 Å². The molecule has 0 radical (unpaired) electrons. The molecular weight excluding hydrogens is 663 g/mol. The monoisotopic (exact) mass is 683 g/mol. The first kappa shape index (κ1) is 31.2. The predicted molar refractivity (Wildman–Crippen MR) is 159 cm³/mol. The van der Waals surface area contributed by atoms with Crippen LogP contribution in [0.2, 0.25) is 15.1 Å². The maximum absolute atomic E-state index is 14.4. The summed E-state index contributed by atoms with van der Waals surface area (Å²) in [6, 6.07) is 16.0. The Kier molecular flexibility index (Phi) is 8.88. The van der Waals surface area contributed by atoms with Gasteiger partial charge in [0.25, 0.3) is 0 Å². The van der Waals surface area contributed by atoms with E-state index in [1.807, 2.05) is 30.3 Å². The molecule has 2 unspecified atom stereocenters. The summed E-state index contributed by atoms with van der Waals surface area (Å²) in [5, 5.41) is 17.9. The van der Waals surface area contributed by atoms with Gasteiger partial charge < -0.3 is 24.1 Å². The van der Waals surface area contributed by atoms with Crippen molar-refractivity contribution in [2.75, 3.05) is 13.2 Å². The molecule has 1 aromatic heterocycles. The summed E-state index contributed by atoms with van der Waals surface area (Å²) in [4.78, 5) is 11.7. The third-order valence-corrected chi connectivity index (χ3v) is 8.95. The molecule has 15 heteroatoms. The van der Waals surface area contributed by atoms with E-state index in [1.54, 1.807) is 18.2 Å². The maximum Gasteiger partial charge on any atom is 0.329 e. The van der Waals surface area contributed by atoms with Crippen LogP contribution < -0.4 is 0 Å². The van der Waals surface area contributed by atoms with Crippen LogP contribution in [0.1, 0.15) is 17.4 Å². The van der Waals surface area contributed by atoms with Crippen molar-refractivity contribution in [2.45, 2.75) is 35.6 Å². The van der Waals surface area contributed by atoms with E-state index in [0.29, 0.717) is 11.1 Å². The van der Waals surface area contributed by atoms with Gasteiger partial charge in [0.2, 0.25) is 0 Å². The molecule has 9 nitrogen and oxygen atoms in total. The Labute approximate surface area is 269 Å². The quantitative estimate of drug-likeness (QED) is 0.176. The van der Waals surface area contributed by atoms with E-state index in [1.165, 1.54) is 10.9 Å². The molecule has 2 aliphatic heterocycles. The van der Waals surface area contributed by atoms with Crippen LogP contribution in [0.15, 0.2) is 66.9 Å². The van der Waals surface area contributed by atoms with Crippen molar-refractivity contribution in [3.05, 3.63) is 105 Å². The van der Waals surface area contributed by atoms with Gasteiger partial charge in [-0.3, -0.25) is 0 Å². The first-order chi connectivity index (χ1) is 21.1. The standard InChI is InChI=1S/C29H22Cl3F2N3O6S/c30-17-7-6-16(10-18(17)31)29(37-11-21(35-36-37)15-8-19(33)24(32)20(34)9-15)25-22(42-28(44)26(29)40-13-23(38)39)12-41-27(43-25)14-4-2-1-3-5-14/h1-11,22,25-28,44H,12-13H2,(H,38,39)/t22-,25+,26+,27?,28-,29?/m1/s1. The number of benzene rings is 3. The fourth-order valence-corrected chi connectivity index (χ4v) is 6.44. The van der Waals surface area contributed by atoms with Crippen LogP contribution in [-0.4, -0.2) is 63.0 Å². The van der Waals surface area contributed by atoms with Gasteiger partial charge in [-0.05, 0) is 29.8 Å². The molecule has 4 aromatic rings. The lowest BCUT2D eigenvalue weighted by atomic mass is 9.75. The summed E-state index contributed by atoms with van der Waals surface area (Å²) in [6.45, 7) is -0.690. The van der Waals surface area contributed by atoms with Crippen molar-refractivity contribution in [1.29, 1.82) is 0 Å². The number of aromatic nitrogens is 3. The zero-order valence-electron chi connectivity index (χ0n) is 22.3. The summed E-state index contributed by atoms with van der Waals surface area (Å²) >= 11 is 23.2. The number of thiol groups is 1. The molecule has 230 valence electrons. The number of halogens is 5. The van der Waals surface area contributed by atoms with Crippen LogP contribution in [0, 0.1) is 11.6 Å². The second kappa shape index (κ2) is 12.5. The van der Waals surface area contributed by atoms with Gasteiger partial charge in [-0.15, -0.1) is 17.7 Å². The molecule has 0 saturated carbocycles. The zero-order valence-corrected chi connectivity index (χ0v) is 25.5. The van der Waals surface area contributed by atoms with Gasteiger partial charge in [0.1, 0.15) is 58.2 Å². The molecule has 3 aromatic carbocycles. The van der Waals surface area contributed by atoms with Crippen LogP contribution in [0.4, 0.5) is 8.78 Å². The molecule has 44 heavy (non-hydrogen) atoms. The lowest BCUT2D eigenvalue weighted by Gasteiger charge is -2.55. The Hall–Kier alpha value is -2.81. The molecule has 6 atom stereocenters. The molecule has 0 spiro atoms. The van der Waals surface area contributed by atoms with E-state index < -0.39 is 64.8 Å². The second-order valence-electron chi connectivity index (χ2n) is 10.1. The van der Waals surface area contributed by atoms with Crippen molar-refractivity contribution in [3.8, 4) is 11.3 Å². The second-order valence-corrected chi connectivity index (χ2v) is 11.8. The van der Waals surface area contributed by atoms with Gasteiger partial charge in [0.15, 0.2) is 6.29 Å². The van der Waals surface area contributed by atoms with Gasteiger partial charge in [0.05, 0.1) is 22.8 Å². The fraction of sp³-hybridized carbons (Fsp3) is 0.276. The summed E-state index contributed by atoms with van der Waals surface area (Å²) in [6.07, 6.45) is -2.42. The molecule has 0 aliphatic carbocycles. The van der Waals surface area contributed by atoms with E-state index in [2.05, 4.69) is 22.9 Å². The Balaban J connectivity index is 1.58. The highest BCUT2D eigenvalue weighted by Crippen LogP contribution is 2.49. The number of carboxylic acid groups (broad SMARTS) is 1. The third-order valence-electron chi connectivity index (χ3n) is 7.45. The third kappa shape index (κ3) is 5.58. The molecule has 2 aliphatic rings. The molecule has 2 saturated heterocycles. The molecule has 3 heterocycles. The number of hydrogen-bond acceptors (Lipinski definition) is 8. The average molecular weight is 685 g/mol. The minimum absolute atomic E-state index is 0.0454. The van der Waals surface area contributed by atoms with Gasteiger partial charge in [-0.25, -0.2) is 18.3 Å². The lowest BCUT2D eigenvalue weighted by molar-refractivity contribution is -0.325. The molecule has 0 bridgehead atoms. The van der Waals surface area contributed by atoms with E-state index in [9.17, 15) is 18.7 Å². The summed E-state index contributed by atoms with van der Waals surface area (Å²) < 4.78 is 55.1. The molecule has 1 N–H and O–H groups in total. The fourth-order valence-electron chi connectivity index (χ4n) is 5.56. The minimum Gasteiger partial charge on any atom is -0.480 e. The summed E-state index contributed by atoms with van der Waals surface area (Å²) in [7, 11) is 0. The first-order valence-corrected chi connectivity index (χ1v) is 14.8. The Morgan fingerprint density at radius 3 is 2.48 bits per heavy atom. The number of carbonyl (C=O) groups is 1. The minimum atomic E-state index is -1.59. The number of nitrogens with zero attached hydrogens (tertiary/aromatic N) is 3. The Morgan fingerprint density at radius 1 is 1.07 bits per heavy atom. The van der Waals surface area contributed by atoms with Gasteiger partial charge in [-0.2, -0.15) is 0 Å². The number of ether oxygens (including phenoxy) is 4. The number of hydrogen-bond donors (Lipinski definition) is 2. The highest BCUT2D eigenvalue weighted by Gasteiger charge is 2.62. The predicted octanol–water partition coefficient (Wildman–Crippen LogP) is 6.17. The van der Waals surface area contributed by atoms with E-state index in [0.717, 1.165) is 12.1 Å². The van der Waals surface area contributed by atoms with Gasteiger partial charge >= 0.3 is 5.97 Å². The SMILES string of the molecule is O=C(O)CO[C@H]1[C@@H](S)O[C@@H]2COC(c3ccccc3)O[C@@H]2C1(c1ccc(Cl)c(Cl)c1)n1cc(-c2cc(F)c(Cl)c(F)c2)nn1. The van der Waals surface area contributed by atoms with Crippen LogP contribution >= 0.6 is 47.4 Å². The number of aliphatic carboxylic acids is 1. The van der Waals surface area contributed by atoms with Crippen LogP contribution in [0.3, 0.4) is 0 Å².